The summed E-state index contributed by atoms with van der Waals surface area (Å²) in [5, 5.41) is 21.6. The predicted molar refractivity (Wildman–Crippen MR) is 112 cm³/mol. The van der Waals surface area contributed by atoms with Crippen molar-refractivity contribution in [2.75, 3.05) is 0 Å². The van der Waals surface area contributed by atoms with Crippen LogP contribution in [0.15, 0.2) is 47.7 Å². The van der Waals surface area contributed by atoms with E-state index in [-0.39, 0.29) is 19.3 Å². The number of rotatable bonds is 8. The van der Waals surface area contributed by atoms with Gasteiger partial charge in [-0.2, -0.15) is 13.2 Å². The zero-order valence-corrected chi connectivity index (χ0v) is 19.0. The molecular weight excluding hydrogens is 511 g/mol. The maximum atomic E-state index is 16.2. The highest BCUT2D eigenvalue weighted by Gasteiger charge is 2.82. The van der Waals surface area contributed by atoms with Crippen LogP contribution in [0.3, 0.4) is 0 Å². The van der Waals surface area contributed by atoms with E-state index in [2.05, 4.69) is 15.5 Å². The third-order valence-corrected chi connectivity index (χ3v) is 7.62. The van der Waals surface area contributed by atoms with Crippen LogP contribution in [0.4, 0.5) is 30.7 Å². The normalized spacial score (nSPS) is 24.8. The summed E-state index contributed by atoms with van der Waals surface area (Å²) in [7, 11) is 0. The van der Waals surface area contributed by atoms with Crippen LogP contribution < -0.4 is 5.56 Å². The molecular formula is C23H20F7N5O2. The van der Waals surface area contributed by atoms with Crippen molar-refractivity contribution in [2.24, 2.45) is 5.41 Å². The molecule has 3 aliphatic rings. The lowest BCUT2D eigenvalue weighted by atomic mass is 9.30. The summed E-state index contributed by atoms with van der Waals surface area (Å²) in [5.74, 6) is -6.31. The summed E-state index contributed by atoms with van der Waals surface area (Å²) >= 11 is 0. The minimum atomic E-state index is -4.44. The largest absolute Gasteiger partial charge is 0.390 e. The second-order valence-corrected chi connectivity index (χ2v) is 9.97. The van der Waals surface area contributed by atoms with Crippen LogP contribution in [0.1, 0.15) is 36.8 Å². The first-order valence-corrected chi connectivity index (χ1v) is 11.2. The molecule has 3 aliphatic carbocycles. The average Bonchev–Trinajstić information content (AvgIpc) is 3.23. The van der Waals surface area contributed by atoms with Crippen LogP contribution in [0.2, 0.25) is 0 Å². The highest BCUT2D eigenvalue weighted by Crippen LogP contribution is 2.80. The average molecular weight is 531 g/mol. The van der Waals surface area contributed by atoms with Gasteiger partial charge in [-0.05, 0) is 58.9 Å². The molecule has 0 saturated heterocycles. The van der Waals surface area contributed by atoms with Crippen LogP contribution in [0, 0.1) is 17.0 Å². The van der Waals surface area contributed by atoms with Gasteiger partial charge < -0.3 is 9.67 Å². The van der Waals surface area contributed by atoms with Gasteiger partial charge in [0.05, 0.1) is 13.0 Å². The summed E-state index contributed by atoms with van der Waals surface area (Å²) in [4.78, 5) is 12.3. The van der Waals surface area contributed by atoms with Crippen molar-refractivity contribution in [3.05, 3.63) is 76.0 Å². The van der Waals surface area contributed by atoms with Gasteiger partial charge in [0.2, 0.25) is 0 Å². The molecule has 3 aromatic rings. The van der Waals surface area contributed by atoms with E-state index >= 15 is 8.78 Å². The van der Waals surface area contributed by atoms with Crippen molar-refractivity contribution in [3.8, 4) is 0 Å². The summed E-state index contributed by atoms with van der Waals surface area (Å²) in [6, 6.07) is 4.49. The number of tetrazole rings is 1. The highest BCUT2D eigenvalue weighted by atomic mass is 19.4. The zero-order chi connectivity index (χ0) is 26.9. The van der Waals surface area contributed by atoms with E-state index in [1.807, 2.05) is 0 Å². The Labute approximate surface area is 204 Å². The Morgan fingerprint density at radius 1 is 1.03 bits per heavy atom. The SMILES string of the molecule is O=c1cc(C23CC(C(F)(F)C(O)(Cn4cnnn4)c4ccc(F)cc4F)(C2)C3)ccn1CCC(F)(F)F. The lowest BCUT2D eigenvalue weighted by Crippen LogP contribution is -2.76. The molecule has 1 aromatic carbocycles. The molecule has 198 valence electrons. The monoisotopic (exact) mass is 531 g/mol. The van der Waals surface area contributed by atoms with E-state index in [0.29, 0.717) is 11.6 Å². The topological polar surface area (TPSA) is 85.8 Å². The summed E-state index contributed by atoms with van der Waals surface area (Å²) in [6.45, 7) is -1.48. The second-order valence-electron chi connectivity index (χ2n) is 9.97. The second kappa shape index (κ2) is 8.10. The fourth-order valence-electron chi connectivity index (χ4n) is 5.80. The van der Waals surface area contributed by atoms with Gasteiger partial charge in [-0.25, -0.2) is 22.2 Å². The van der Waals surface area contributed by atoms with Crippen molar-refractivity contribution in [1.82, 2.24) is 24.8 Å². The van der Waals surface area contributed by atoms with Crippen LogP contribution in [-0.2, 0) is 24.1 Å². The minimum Gasteiger partial charge on any atom is -0.377 e. The first-order valence-electron chi connectivity index (χ1n) is 11.2. The van der Waals surface area contributed by atoms with Crippen molar-refractivity contribution in [3.63, 3.8) is 0 Å². The van der Waals surface area contributed by atoms with E-state index in [1.54, 1.807) is 0 Å². The Bertz CT molecular complexity index is 1370. The maximum Gasteiger partial charge on any atom is 0.390 e. The van der Waals surface area contributed by atoms with Crippen LogP contribution in [-0.4, -0.2) is 42.0 Å². The van der Waals surface area contributed by atoms with Gasteiger partial charge in [-0.1, -0.05) is 0 Å². The van der Waals surface area contributed by atoms with Crippen LogP contribution in [0.5, 0.6) is 0 Å². The van der Waals surface area contributed by atoms with Crippen LogP contribution >= 0.6 is 0 Å². The number of alkyl halides is 5. The van der Waals surface area contributed by atoms with Gasteiger partial charge in [0.15, 0.2) is 5.60 Å². The third kappa shape index (κ3) is 3.92. The fourth-order valence-corrected chi connectivity index (χ4v) is 5.80. The Kier molecular flexibility index (Phi) is 5.55. The van der Waals surface area contributed by atoms with Gasteiger partial charge in [-0.3, -0.25) is 4.79 Å². The van der Waals surface area contributed by atoms with E-state index < -0.39 is 70.8 Å². The number of pyridine rings is 1. The Morgan fingerprint density at radius 3 is 2.30 bits per heavy atom. The minimum absolute atomic E-state index is 0.153. The van der Waals surface area contributed by atoms with Crippen LogP contribution in [0.25, 0.3) is 0 Å². The van der Waals surface area contributed by atoms with Crippen molar-refractivity contribution >= 4 is 0 Å². The highest BCUT2D eigenvalue weighted by molar-refractivity contribution is 5.42. The van der Waals surface area contributed by atoms with E-state index in [1.165, 1.54) is 12.3 Å². The standard InChI is InChI=1S/C23H20F7N5O2/c24-15-1-2-16(17(25)8-15)21(37,12-35-13-31-32-33-35)23(29,30)20-9-19(10-20,11-20)14-3-5-34(18(36)7-14)6-4-22(26,27)28/h1-3,5,7-8,13,37H,4,6,9-12H2. The smallest absolute Gasteiger partial charge is 0.377 e. The molecule has 0 aliphatic heterocycles. The van der Waals surface area contributed by atoms with Gasteiger partial charge in [-0.15, -0.1) is 5.10 Å². The number of halogens is 7. The molecule has 2 aromatic heterocycles. The maximum absolute atomic E-state index is 16.2. The molecule has 0 amide bonds. The van der Waals surface area contributed by atoms with Gasteiger partial charge in [0, 0.05) is 35.9 Å². The Hall–Kier alpha value is -3.29. The third-order valence-electron chi connectivity index (χ3n) is 7.62. The van der Waals surface area contributed by atoms with E-state index in [9.17, 15) is 31.9 Å². The van der Waals surface area contributed by atoms with E-state index in [0.717, 1.165) is 33.8 Å². The molecule has 2 bridgehead atoms. The zero-order valence-electron chi connectivity index (χ0n) is 19.0. The molecule has 1 atom stereocenters. The quantitative estimate of drug-likeness (QED) is 0.448. The number of aromatic nitrogens is 5. The van der Waals surface area contributed by atoms with Crippen molar-refractivity contribution in [2.45, 2.75) is 61.9 Å². The molecule has 2 heterocycles. The molecule has 1 N–H and O–H groups in total. The molecule has 6 rings (SSSR count). The number of aryl methyl sites for hydroxylation is 1. The Balaban J connectivity index is 1.42. The fraction of sp³-hybridized carbons (Fsp3) is 0.478. The molecule has 3 fully saturated rings. The van der Waals surface area contributed by atoms with Crippen molar-refractivity contribution in [1.29, 1.82) is 0 Å². The molecule has 14 heteroatoms. The van der Waals surface area contributed by atoms with Gasteiger partial charge in [0.25, 0.3) is 11.5 Å². The lowest BCUT2D eigenvalue weighted by Gasteiger charge is -2.74. The number of hydrogen-bond acceptors (Lipinski definition) is 5. The van der Waals surface area contributed by atoms with E-state index in [4.69, 9.17) is 0 Å². The van der Waals surface area contributed by atoms with Crippen molar-refractivity contribution < 1.29 is 35.8 Å². The summed E-state index contributed by atoms with van der Waals surface area (Å²) < 4.78 is 99.7. The summed E-state index contributed by atoms with van der Waals surface area (Å²) in [5.41, 5.74) is -6.81. The number of nitrogens with zero attached hydrogens (tertiary/aromatic N) is 5. The molecule has 0 radical (unpaired) electrons. The number of benzene rings is 1. The van der Waals surface area contributed by atoms with Gasteiger partial charge >= 0.3 is 6.18 Å². The number of hydrogen-bond donors (Lipinski definition) is 1. The lowest BCUT2D eigenvalue weighted by molar-refractivity contribution is -0.347. The number of aliphatic hydroxyl groups is 1. The summed E-state index contributed by atoms with van der Waals surface area (Å²) in [6.07, 6.45) is -3.91. The predicted octanol–water partition coefficient (Wildman–Crippen LogP) is 3.71. The molecule has 1 unspecified atom stereocenters. The first kappa shape index (κ1) is 25.4. The molecule has 3 saturated carbocycles. The van der Waals surface area contributed by atoms with Gasteiger partial charge in [0.1, 0.15) is 18.0 Å². The molecule has 37 heavy (non-hydrogen) atoms. The Morgan fingerprint density at radius 2 is 1.73 bits per heavy atom. The first-order chi connectivity index (χ1) is 17.2. The molecule has 0 spiro atoms. The molecule has 7 nitrogen and oxygen atoms in total.